The number of carbonyl (C=O) groups excluding carboxylic acids is 1. The molecule has 3 aromatic rings. The molecule has 0 saturated carbocycles. The predicted octanol–water partition coefficient (Wildman–Crippen LogP) is 1.60. The SMILES string of the molecule is COc1ccc(-n2nc(C(=O)N3CCCOCC3)cc2-c2ccccn2)nn1. The molecule has 1 fully saturated rings. The van der Waals surface area contributed by atoms with E-state index in [9.17, 15) is 4.79 Å². The van der Waals surface area contributed by atoms with Crippen molar-refractivity contribution in [3.63, 3.8) is 0 Å². The Morgan fingerprint density at radius 3 is 2.82 bits per heavy atom. The maximum Gasteiger partial charge on any atom is 0.274 e. The van der Waals surface area contributed by atoms with Crippen molar-refractivity contribution in [1.82, 2.24) is 29.9 Å². The number of ether oxygens (including phenoxy) is 2. The number of carbonyl (C=O) groups is 1. The molecule has 4 heterocycles. The molecule has 9 heteroatoms. The quantitative estimate of drug-likeness (QED) is 0.678. The number of hydrogen-bond acceptors (Lipinski definition) is 7. The minimum atomic E-state index is -0.136. The highest BCUT2D eigenvalue weighted by Crippen LogP contribution is 2.22. The smallest absolute Gasteiger partial charge is 0.274 e. The molecule has 4 rings (SSSR count). The zero-order valence-electron chi connectivity index (χ0n) is 15.5. The van der Waals surface area contributed by atoms with Gasteiger partial charge in [0.15, 0.2) is 11.5 Å². The molecule has 0 atom stereocenters. The van der Waals surface area contributed by atoms with Gasteiger partial charge in [0.25, 0.3) is 5.91 Å². The summed E-state index contributed by atoms with van der Waals surface area (Å²) >= 11 is 0. The van der Waals surface area contributed by atoms with Crippen LogP contribution in [0.3, 0.4) is 0 Å². The molecule has 1 aliphatic rings. The third kappa shape index (κ3) is 3.70. The van der Waals surface area contributed by atoms with Gasteiger partial charge in [-0.2, -0.15) is 5.10 Å². The summed E-state index contributed by atoms with van der Waals surface area (Å²) in [5.41, 5.74) is 1.68. The largest absolute Gasteiger partial charge is 0.480 e. The summed E-state index contributed by atoms with van der Waals surface area (Å²) in [4.78, 5) is 19.2. The van der Waals surface area contributed by atoms with Crippen molar-refractivity contribution in [3.05, 3.63) is 48.3 Å². The second-order valence-electron chi connectivity index (χ2n) is 6.23. The fourth-order valence-electron chi connectivity index (χ4n) is 3.00. The average Bonchev–Trinajstić information content (AvgIpc) is 3.02. The standard InChI is InChI=1S/C19H20N6O3/c1-27-18-7-6-17(21-22-18)25-16(14-5-2-3-8-20-14)13-15(23-25)19(26)24-9-4-11-28-12-10-24/h2-3,5-8,13H,4,9-12H2,1H3. The highest BCUT2D eigenvalue weighted by Gasteiger charge is 2.23. The van der Waals surface area contributed by atoms with E-state index in [4.69, 9.17) is 9.47 Å². The second kappa shape index (κ2) is 8.13. The van der Waals surface area contributed by atoms with E-state index in [0.717, 1.165) is 6.42 Å². The van der Waals surface area contributed by atoms with Crippen LogP contribution in [-0.2, 0) is 4.74 Å². The molecule has 1 amide bonds. The van der Waals surface area contributed by atoms with Gasteiger partial charge >= 0.3 is 0 Å². The molecule has 1 aliphatic heterocycles. The van der Waals surface area contributed by atoms with Gasteiger partial charge in [0, 0.05) is 32.0 Å². The Kier molecular flexibility index (Phi) is 5.24. The van der Waals surface area contributed by atoms with Crippen molar-refractivity contribution < 1.29 is 14.3 Å². The molecule has 0 radical (unpaired) electrons. The van der Waals surface area contributed by atoms with Crippen LogP contribution in [-0.4, -0.2) is 69.2 Å². The van der Waals surface area contributed by atoms with Crippen LogP contribution in [0.2, 0.25) is 0 Å². The molecule has 9 nitrogen and oxygen atoms in total. The molecule has 0 bridgehead atoms. The van der Waals surface area contributed by atoms with Crippen LogP contribution in [0.15, 0.2) is 42.6 Å². The van der Waals surface area contributed by atoms with Crippen molar-refractivity contribution in [2.45, 2.75) is 6.42 Å². The summed E-state index contributed by atoms with van der Waals surface area (Å²) in [7, 11) is 1.53. The monoisotopic (exact) mass is 380 g/mol. The van der Waals surface area contributed by atoms with Gasteiger partial charge in [-0.05, 0) is 30.7 Å². The first-order valence-corrected chi connectivity index (χ1v) is 9.03. The lowest BCUT2D eigenvalue weighted by Gasteiger charge is -2.17. The third-order valence-corrected chi connectivity index (χ3v) is 4.42. The molecule has 0 N–H and O–H groups in total. The van der Waals surface area contributed by atoms with E-state index >= 15 is 0 Å². The molecule has 1 saturated heterocycles. The first-order valence-electron chi connectivity index (χ1n) is 9.03. The lowest BCUT2D eigenvalue weighted by Crippen LogP contribution is -2.33. The molecular weight excluding hydrogens is 360 g/mol. The van der Waals surface area contributed by atoms with Crippen LogP contribution in [0.4, 0.5) is 0 Å². The summed E-state index contributed by atoms with van der Waals surface area (Å²) in [6.45, 7) is 2.39. The molecular formula is C19H20N6O3. The van der Waals surface area contributed by atoms with Crippen molar-refractivity contribution >= 4 is 5.91 Å². The lowest BCUT2D eigenvalue weighted by molar-refractivity contribution is 0.0735. The number of aromatic nitrogens is 5. The van der Waals surface area contributed by atoms with E-state index in [1.54, 1.807) is 34.0 Å². The van der Waals surface area contributed by atoms with E-state index < -0.39 is 0 Å². The number of rotatable bonds is 4. The molecule has 0 unspecified atom stereocenters. The van der Waals surface area contributed by atoms with Crippen molar-refractivity contribution in [3.8, 4) is 23.1 Å². The van der Waals surface area contributed by atoms with Gasteiger partial charge < -0.3 is 14.4 Å². The van der Waals surface area contributed by atoms with Crippen LogP contribution in [0.1, 0.15) is 16.9 Å². The Morgan fingerprint density at radius 1 is 1.14 bits per heavy atom. The normalized spacial score (nSPS) is 14.5. The Labute approximate surface area is 161 Å². The second-order valence-corrected chi connectivity index (χ2v) is 6.23. The first-order chi connectivity index (χ1) is 13.8. The van der Waals surface area contributed by atoms with Gasteiger partial charge in [-0.25, -0.2) is 4.68 Å². The van der Waals surface area contributed by atoms with Gasteiger partial charge in [0.05, 0.1) is 25.1 Å². The minimum Gasteiger partial charge on any atom is -0.480 e. The van der Waals surface area contributed by atoms with E-state index in [1.807, 2.05) is 18.2 Å². The Hall–Kier alpha value is -3.33. The number of amides is 1. The highest BCUT2D eigenvalue weighted by atomic mass is 16.5. The van der Waals surface area contributed by atoms with Crippen LogP contribution in [0.25, 0.3) is 17.2 Å². The zero-order valence-corrected chi connectivity index (χ0v) is 15.5. The fourth-order valence-corrected chi connectivity index (χ4v) is 3.00. The Balaban J connectivity index is 1.74. The molecule has 3 aromatic heterocycles. The number of pyridine rings is 1. The molecule has 0 aromatic carbocycles. The lowest BCUT2D eigenvalue weighted by atomic mass is 10.2. The molecule has 0 aliphatic carbocycles. The summed E-state index contributed by atoms with van der Waals surface area (Å²) in [5, 5.41) is 12.7. The molecule has 28 heavy (non-hydrogen) atoms. The van der Waals surface area contributed by atoms with Gasteiger partial charge in [0.2, 0.25) is 5.88 Å². The summed E-state index contributed by atoms with van der Waals surface area (Å²) in [6.07, 6.45) is 2.50. The summed E-state index contributed by atoms with van der Waals surface area (Å²) in [6, 6.07) is 10.7. The van der Waals surface area contributed by atoms with Crippen LogP contribution in [0, 0.1) is 0 Å². The zero-order chi connectivity index (χ0) is 19.3. The predicted molar refractivity (Wildman–Crippen MR) is 100 cm³/mol. The van der Waals surface area contributed by atoms with E-state index in [2.05, 4.69) is 20.3 Å². The first kappa shape index (κ1) is 18.1. The summed E-state index contributed by atoms with van der Waals surface area (Å²) in [5.74, 6) is 0.735. The van der Waals surface area contributed by atoms with Crippen molar-refractivity contribution in [2.75, 3.05) is 33.4 Å². The van der Waals surface area contributed by atoms with Crippen molar-refractivity contribution in [1.29, 1.82) is 0 Å². The maximum atomic E-state index is 13.0. The third-order valence-electron chi connectivity index (χ3n) is 4.42. The van der Waals surface area contributed by atoms with Crippen LogP contribution >= 0.6 is 0 Å². The highest BCUT2D eigenvalue weighted by molar-refractivity contribution is 5.93. The van der Waals surface area contributed by atoms with Gasteiger partial charge in [-0.1, -0.05) is 6.07 Å². The van der Waals surface area contributed by atoms with Crippen LogP contribution in [0.5, 0.6) is 5.88 Å². The van der Waals surface area contributed by atoms with Gasteiger partial charge in [-0.3, -0.25) is 9.78 Å². The van der Waals surface area contributed by atoms with E-state index in [-0.39, 0.29) is 5.91 Å². The minimum absolute atomic E-state index is 0.136. The van der Waals surface area contributed by atoms with Crippen LogP contribution < -0.4 is 4.74 Å². The van der Waals surface area contributed by atoms with Crippen molar-refractivity contribution in [2.24, 2.45) is 0 Å². The van der Waals surface area contributed by atoms with Gasteiger partial charge in [0.1, 0.15) is 0 Å². The Morgan fingerprint density at radius 2 is 2.07 bits per heavy atom. The van der Waals surface area contributed by atoms with E-state index in [1.165, 1.54) is 7.11 Å². The number of methoxy groups -OCH3 is 1. The number of hydrogen-bond donors (Lipinski definition) is 0. The molecule has 144 valence electrons. The molecule has 0 spiro atoms. The maximum absolute atomic E-state index is 13.0. The fraction of sp³-hybridized carbons (Fsp3) is 0.316. The number of nitrogens with zero attached hydrogens (tertiary/aromatic N) is 6. The topological polar surface area (TPSA) is 95.3 Å². The van der Waals surface area contributed by atoms with E-state index in [0.29, 0.717) is 55.1 Å². The Bertz CT molecular complexity index is 934. The summed E-state index contributed by atoms with van der Waals surface area (Å²) < 4.78 is 12.1. The average molecular weight is 380 g/mol. The van der Waals surface area contributed by atoms with Gasteiger partial charge in [-0.15, -0.1) is 10.2 Å².